The SMILES string of the molecule is COc1ccc([C@H](C)NC(=O)CSCc2c(Cl)cccc2Cl)cc1. The van der Waals surface area contributed by atoms with Gasteiger partial charge in [-0.2, -0.15) is 0 Å². The molecule has 3 nitrogen and oxygen atoms in total. The molecule has 2 aromatic rings. The van der Waals surface area contributed by atoms with Crippen molar-refractivity contribution < 1.29 is 9.53 Å². The van der Waals surface area contributed by atoms with Crippen LogP contribution in [0.3, 0.4) is 0 Å². The van der Waals surface area contributed by atoms with E-state index >= 15 is 0 Å². The molecule has 2 aromatic carbocycles. The van der Waals surface area contributed by atoms with Gasteiger partial charge < -0.3 is 10.1 Å². The average Bonchev–Trinajstić information content (AvgIpc) is 2.57. The highest BCUT2D eigenvalue weighted by Crippen LogP contribution is 2.28. The Morgan fingerprint density at radius 3 is 2.38 bits per heavy atom. The maximum absolute atomic E-state index is 12.1. The fourth-order valence-corrected chi connectivity index (χ4v) is 3.75. The third-order valence-electron chi connectivity index (χ3n) is 3.53. The Labute approximate surface area is 156 Å². The molecule has 0 aliphatic heterocycles. The van der Waals surface area contributed by atoms with Crippen LogP contribution in [0.25, 0.3) is 0 Å². The summed E-state index contributed by atoms with van der Waals surface area (Å²) in [6, 6.07) is 13.0. The minimum atomic E-state index is -0.0621. The second-order valence-corrected chi connectivity index (χ2v) is 7.06. The lowest BCUT2D eigenvalue weighted by atomic mass is 10.1. The van der Waals surface area contributed by atoms with Gasteiger partial charge in [-0.1, -0.05) is 41.4 Å². The fourth-order valence-electron chi connectivity index (χ4n) is 2.18. The Balaban J connectivity index is 1.82. The van der Waals surface area contributed by atoms with Gasteiger partial charge in [-0.15, -0.1) is 11.8 Å². The lowest BCUT2D eigenvalue weighted by molar-refractivity contribution is -0.119. The van der Waals surface area contributed by atoms with Gasteiger partial charge >= 0.3 is 0 Å². The molecule has 0 saturated carbocycles. The van der Waals surface area contributed by atoms with E-state index in [4.69, 9.17) is 27.9 Å². The van der Waals surface area contributed by atoms with Crippen LogP contribution in [0.2, 0.25) is 10.0 Å². The van der Waals surface area contributed by atoms with Crippen LogP contribution in [0, 0.1) is 0 Å². The summed E-state index contributed by atoms with van der Waals surface area (Å²) >= 11 is 13.7. The van der Waals surface area contributed by atoms with Crippen LogP contribution in [0.5, 0.6) is 5.75 Å². The van der Waals surface area contributed by atoms with Crippen molar-refractivity contribution in [3.8, 4) is 5.75 Å². The topological polar surface area (TPSA) is 38.3 Å². The van der Waals surface area contributed by atoms with Crippen LogP contribution >= 0.6 is 35.0 Å². The van der Waals surface area contributed by atoms with E-state index < -0.39 is 0 Å². The summed E-state index contributed by atoms with van der Waals surface area (Å²) in [6.07, 6.45) is 0. The Bertz CT molecular complexity index is 672. The van der Waals surface area contributed by atoms with Crippen LogP contribution in [-0.2, 0) is 10.5 Å². The molecule has 0 radical (unpaired) electrons. The first-order chi connectivity index (χ1) is 11.5. The summed E-state index contributed by atoms with van der Waals surface area (Å²) in [5.41, 5.74) is 1.89. The first kappa shape index (κ1) is 19.0. The van der Waals surface area contributed by atoms with Gasteiger partial charge in [0.05, 0.1) is 18.9 Å². The van der Waals surface area contributed by atoms with E-state index in [0.29, 0.717) is 21.6 Å². The first-order valence-electron chi connectivity index (χ1n) is 7.45. The molecule has 24 heavy (non-hydrogen) atoms. The lowest BCUT2D eigenvalue weighted by Gasteiger charge is -2.15. The molecule has 0 unspecified atom stereocenters. The van der Waals surface area contributed by atoms with E-state index in [-0.39, 0.29) is 11.9 Å². The Hall–Kier alpha value is -1.36. The second kappa shape index (κ2) is 9.21. The second-order valence-electron chi connectivity index (χ2n) is 5.26. The fraction of sp³-hybridized carbons (Fsp3) is 0.278. The van der Waals surface area contributed by atoms with Gasteiger partial charge in [0.25, 0.3) is 0 Å². The largest absolute Gasteiger partial charge is 0.497 e. The molecule has 1 atom stereocenters. The van der Waals surface area contributed by atoms with Crippen molar-refractivity contribution in [3.63, 3.8) is 0 Å². The molecular formula is C18H19Cl2NO2S. The van der Waals surface area contributed by atoms with Crippen LogP contribution in [0.4, 0.5) is 0 Å². The molecule has 6 heteroatoms. The first-order valence-corrected chi connectivity index (χ1v) is 9.36. The Kier molecular flexibility index (Phi) is 7.28. The molecule has 0 saturated heterocycles. The summed E-state index contributed by atoms with van der Waals surface area (Å²) < 4.78 is 5.13. The molecule has 0 heterocycles. The number of carbonyl (C=O) groups excluding carboxylic acids is 1. The zero-order valence-corrected chi connectivity index (χ0v) is 15.8. The summed E-state index contributed by atoms with van der Waals surface area (Å²) in [4.78, 5) is 12.1. The lowest BCUT2D eigenvalue weighted by Crippen LogP contribution is -2.28. The molecule has 1 N–H and O–H groups in total. The van der Waals surface area contributed by atoms with Gasteiger partial charge in [0.1, 0.15) is 5.75 Å². The van der Waals surface area contributed by atoms with Crippen LogP contribution in [0.15, 0.2) is 42.5 Å². The predicted molar refractivity (Wildman–Crippen MR) is 102 cm³/mol. The van der Waals surface area contributed by atoms with Gasteiger partial charge in [-0.05, 0) is 42.3 Å². The Morgan fingerprint density at radius 1 is 1.17 bits per heavy atom. The van der Waals surface area contributed by atoms with Gasteiger partial charge in [0.2, 0.25) is 5.91 Å². The van der Waals surface area contributed by atoms with Crippen molar-refractivity contribution in [1.29, 1.82) is 0 Å². The van der Waals surface area contributed by atoms with E-state index in [1.165, 1.54) is 11.8 Å². The minimum absolute atomic E-state index is 0.0218. The normalized spacial score (nSPS) is 11.8. The molecule has 1 amide bonds. The van der Waals surface area contributed by atoms with E-state index in [1.54, 1.807) is 19.2 Å². The maximum Gasteiger partial charge on any atom is 0.230 e. The van der Waals surface area contributed by atoms with Crippen molar-refractivity contribution in [2.45, 2.75) is 18.7 Å². The number of carbonyl (C=O) groups is 1. The standard InChI is InChI=1S/C18H19Cl2NO2S/c1-12(13-6-8-14(23-2)9-7-13)21-18(22)11-24-10-15-16(19)4-3-5-17(15)20/h3-9,12H,10-11H2,1-2H3,(H,21,22)/t12-/m0/s1. The highest BCUT2D eigenvalue weighted by Gasteiger charge is 2.11. The van der Waals surface area contributed by atoms with Crippen LogP contribution in [-0.4, -0.2) is 18.8 Å². The van der Waals surface area contributed by atoms with E-state index in [9.17, 15) is 4.79 Å². The predicted octanol–water partition coefficient (Wildman–Crippen LogP) is 5.11. The summed E-state index contributed by atoms with van der Waals surface area (Å²) in [5, 5.41) is 4.24. The number of thioether (sulfide) groups is 1. The number of amides is 1. The van der Waals surface area contributed by atoms with Crippen LogP contribution in [0.1, 0.15) is 24.1 Å². The zero-order chi connectivity index (χ0) is 17.5. The molecule has 0 aromatic heterocycles. The van der Waals surface area contributed by atoms with Gasteiger partial charge in [0.15, 0.2) is 0 Å². The third kappa shape index (κ3) is 5.33. The number of methoxy groups -OCH3 is 1. The number of ether oxygens (including phenoxy) is 1. The molecule has 0 bridgehead atoms. The van der Waals surface area contributed by atoms with Crippen molar-refractivity contribution in [1.82, 2.24) is 5.32 Å². The maximum atomic E-state index is 12.1. The van der Waals surface area contributed by atoms with Crippen molar-refractivity contribution in [3.05, 3.63) is 63.6 Å². The number of rotatable bonds is 7. The zero-order valence-electron chi connectivity index (χ0n) is 13.5. The third-order valence-corrected chi connectivity index (χ3v) is 5.20. The number of hydrogen-bond acceptors (Lipinski definition) is 3. The highest BCUT2D eigenvalue weighted by atomic mass is 35.5. The molecule has 0 aliphatic rings. The van der Waals surface area contributed by atoms with E-state index in [1.807, 2.05) is 37.3 Å². The minimum Gasteiger partial charge on any atom is -0.497 e. The number of halogens is 2. The molecule has 2 rings (SSSR count). The van der Waals surface area contributed by atoms with Crippen molar-refractivity contribution in [2.24, 2.45) is 0 Å². The molecule has 0 spiro atoms. The molecular weight excluding hydrogens is 365 g/mol. The molecule has 0 fully saturated rings. The molecule has 128 valence electrons. The summed E-state index contributed by atoms with van der Waals surface area (Å²) in [6.45, 7) is 1.95. The number of benzene rings is 2. The van der Waals surface area contributed by atoms with Gasteiger partial charge in [0, 0.05) is 15.8 Å². The number of nitrogens with one attached hydrogen (secondary N) is 1. The monoisotopic (exact) mass is 383 g/mol. The summed E-state index contributed by atoms with van der Waals surface area (Å²) in [5.74, 6) is 1.72. The summed E-state index contributed by atoms with van der Waals surface area (Å²) in [7, 11) is 1.63. The molecule has 0 aliphatic carbocycles. The quantitative estimate of drug-likeness (QED) is 0.721. The van der Waals surface area contributed by atoms with Gasteiger partial charge in [-0.25, -0.2) is 0 Å². The van der Waals surface area contributed by atoms with Crippen molar-refractivity contribution in [2.75, 3.05) is 12.9 Å². The van der Waals surface area contributed by atoms with Crippen molar-refractivity contribution >= 4 is 40.9 Å². The Morgan fingerprint density at radius 2 is 1.79 bits per heavy atom. The number of hydrogen-bond donors (Lipinski definition) is 1. The smallest absolute Gasteiger partial charge is 0.230 e. The van der Waals surface area contributed by atoms with Crippen LogP contribution < -0.4 is 10.1 Å². The van der Waals surface area contributed by atoms with Gasteiger partial charge in [-0.3, -0.25) is 4.79 Å². The highest BCUT2D eigenvalue weighted by molar-refractivity contribution is 7.99. The van der Waals surface area contributed by atoms with E-state index in [0.717, 1.165) is 16.9 Å². The average molecular weight is 384 g/mol. The van der Waals surface area contributed by atoms with E-state index in [2.05, 4.69) is 5.32 Å².